The predicted molar refractivity (Wildman–Crippen MR) is 109 cm³/mol. The molecular weight excluding hydrogens is 467 g/mol. The highest BCUT2D eigenvalue weighted by molar-refractivity contribution is 7.55. The number of aliphatic hydroxyl groups excluding tert-OH is 2. The van der Waals surface area contributed by atoms with Crippen LogP contribution in [0.25, 0.3) is 0 Å². The third-order valence-electron chi connectivity index (χ3n) is 5.29. The summed E-state index contributed by atoms with van der Waals surface area (Å²) in [6.45, 7) is -0.761. The zero-order valence-corrected chi connectivity index (χ0v) is 18.2. The van der Waals surface area contributed by atoms with Crippen LogP contribution in [0.3, 0.4) is 0 Å². The Morgan fingerprint density at radius 2 is 2.06 bits per heavy atom. The molecule has 0 bridgehead atoms. The Labute approximate surface area is 186 Å². The fourth-order valence-electron chi connectivity index (χ4n) is 3.55. The molecule has 1 aromatic heterocycles. The minimum atomic E-state index is -3.93. The Balaban J connectivity index is 1.50. The molecule has 11 nitrogen and oxygen atoms in total. The van der Waals surface area contributed by atoms with E-state index in [9.17, 15) is 23.2 Å². The van der Waals surface area contributed by atoms with Crippen molar-refractivity contribution in [2.45, 2.75) is 36.9 Å². The van der Waals surface area contributed by atoms with Crippen LogP contribution in [-0.4, -0.2) is 58.2 Å². The van der Waals surface area contributed by atoms with Crippen molar-refractivity contribution in [3.05, 3.63) is 52.6 Å². The number of benzene rings is 1. The fourth-order valence-corrected chi connectivity index (χ4v) is 5.04. The SMILES string of the molecule is COc1ccc(C2CCOP(=O)(Nc3ccn([C@@H]4O[C@H](CO)[C@@H](O)C4(F)F)c(=O)n3)O2)cc1. The molecule has 2 aliphatic heterocycles. The maximum atomic E-state index is 14.3. The third kappa shape index (κ3) is 4.65. The van der Waals surface area contributed by atoms with Crippen molar-refractivity contribution in [1.82, 2.24) is 9.55 Å². The number of aliphatic hydroxyl groups is 2. The topological polar surface area (TPSA) is 141 Å². The number of nitrogens with one attached hydrogen (secondary N) is 1. The zero-order chi connectivity index (χ0) is 23.8. The third-order valence-corrected chi connectivity index (χ3v) is 6.85. The van der Waals surface area contributed by atoms with Gasteiger partial charge in [0.25, 0.3) is 0 Å². The lowest BCUT2D eigenvalue weighted by atomic mass is 10.1. The first-order chi connectivity index (χ1) is 15.7. The Bertz CT molecular complexity index is 1100. The van der Waals surface area contributed by atoms with E-state index in [2.05, 4.69) is 10.1 Å². The predicted octanol–water partition coefficient (Wildman–Crippen LogP) is 1.84. The second kappa shape index (κ2) is 9.09. The highest BCUT2D eigenvalue weighted by Crippen LogP contribution is 2.55. The zero-order valence-electron chi connectivity index (χ0n) is 17.3. The van der Waals surface area contributed by atoms with Crippen molar-refractivity contribution in [3.63, 3.8) is 0 Å². The molecule has 2 saturated heterocycles. The molecule has 2 aliphatic rings. The quantitative estimate of drug-likeness (QED) is 0.515. The summed E-state index contributed by atoms with van der Waals surface area (Å²) in [4.78, 5) is 16.0. The lowest BCUT2D eigenvalue weighted by molar-refractivity contribution is -0.140. The molecule has 14 heteroatoms. The van der Waals surface area contributed by atoms with Gasteiger partial charge < -0.3 is 19.7 Å². The van der Waals surface area contributed by atoms with Gasteiger partial charge in [0.15, 0.2) is 6.10 Å². The van der Waals surface area contributed by atoms with Crippen LogP contribution in [0, 0.1) is 0 Å². The number of alkyl halides is 2. The minimum absolute atomic E-state index is 0.0978. The Hall–Kier alpha value is -2.41. The van der Waals surface area contributed by atoms with E-state index in [0.29, 0.717) is 16.7 Å². The smallest absolute Gasteiger partial charge is 0.434 e. The molecular formula is C19H22F2N3O8P. The first-order valence-electron chi connectivity index (χ1n) is 9.93. The van der Waals surface area contributed by atoms with Gasteiger partial charge in [-0.1, -0.05) is 12.1 Å². The number of hydrogen-bond acceptors (Lipinski definition) is 9. The molecule has 1 aromatic carbocycles. The molecule has 0 amide bonds. The maximum absolute atomic E-state index is 14.3. The summed E-state index contributed by atoms with van der Waals surface area (Å²) in [5.41, 5.74) is -0.423. The Kier molecular flexibility index (Phi) is 6.54. The van der Waals surface area contributed by atoms with Crippen LogP contribution in [0.15, 0.2) is 41.3 Å². The van der Waals surface area contributed by atoms with Crippen LogP contribution in [0.5, 0.6) is 5.75 Å². The van der Waals surface area contributed by atoms with Gasteiger partial charge in [0.1, 0.15) is 17.7 Å². The maximum Gasteiger partial charge on any atom is 0.434 e. The summed E-state index contributed by atoms with van der Waals surface area (Å²) in [6, 6.07) is 8.09. The molecule has 5 atom stereocenters. The second-order valence-electron chi connectivity index (χ2n) is 7.43. The molecule has 2 unspecified atom stereocenters. The van der Waals surface area contributed by atoms with Crippen molar-refractivity contribution in [3.8, 4) is 5.75 Å². The van der Waals surface area contributed by atoms with Gasteiger partial charge in [-0.2, -0.15) is 13.8 Å². The molecule has 0 saturated carbocycles. The molecule has 180 valence electrons. The first-order valence-corrected chi connectivity index (χ1v) is 11.5. The first kappa shape index (κ1) is 23.7. The average molecular weight is 489 g/mol. The number of ether oxygens (including phenoxy) is 2. The van der Waals surface area contributed by atoms with E-state index in [1.54, 1.807) is 24.3 Å². The average Bonchev–Trinajstić information content (AvgIpc) is 3.02. The molecule has 33 heavy (non-hydrogen) atoms. The van der Waals surface area contributed by atoms with Gasteiger partial charge in [-0.3, -0.25) is 18.7 Å². The summed E-state index contributed by atoms with van der Waals surface area (Å²) in [6.07, 6.45) is -5.23. The van der Waals surface area contributed by atoms with Gasteiger partial charge in [-0.15, -0.1) is 0 Å². The lowest BCUT2D eigenvalue weighted by Gasteiger charge is -2.30. The Morgan fingerprint density at radius 1 is 1.33 bits per heavy atom. The lowest BCUT2D eigenvalue weighted by Crippen LogP contribution is -2.41. The monoisotopic (exact) mass is 489 g/mol. The molecule has 3 heterocycles. The number of nitrogens with zero attached hydrogens (tertiary/aromatic N) is 2. The number of halogens is 2. The van der Waals surface area contributed by atoms with E-state index in [-0.39, 0.29) is 12.4 Å². The van der Waals surface area contributed by atoms with Gasteiger partial charge in [0.05, 0.1) is 26.4 Å². The van der Waals surface area contributed by atoms with Gasteiger partial charge in [0.2, 0.25) is 6.23 Å². The molecule has 2 fully saturated rings. The molecule has 3 N–H and O–H groups in total. The van der Waals surface area contributed by atoms with Crippen LogP contribution in [0.4, 0.5) is 14.6 Å². The van der Waals surface area contributed by atoms with Crippen molar-refractivity contribution in [2.24, 2.45) is 0 Å². The number of aromatic nitrogens is 2. The van der Waals surface area contributed by atoms with E-state index in [0.717, 1.165) is 17.8 Å². The molecule has 4 rings (SSSR count). The summed E-state index contributed by atoms with van der Waals surface area (Å²) < 4.78 is 63.1. The summed E-state index contributed by atoms with van der Waals surface area (Å²) >= 11 is 0. The van der Waals surface area contributed by atoms with Crippen molar-refractivity contribution < 1.29 is 42.1 Å². The normalized spacial score (nSPS) is 31.3. The van der Waals surface area contributed by atoms with Gasteiger partial charge in [-0.05, 0) is 23.8 Å². The number of anilines is 1. The minimum Gasteiger partial charge on any atom is -0.497 e. The van der Waals surface area contributed by atoms with Gasteiger partial charge in [0, 0.05) is 12.6 Å². The van der Waals surface area contributed by atoms with E-state index in [1.807, 2.05) is 0 Å². The summed E-state index contributed by atoms with van der Waals surface area (Å²) in [5, 5.41) is 21.2. The van der Waals surface area contributed by atoms with E-state index in [1.165, 1.54) is 7.11 Å². The number of methoxy groups -OCH3 is 1. The molecule has 0 radical (unpaired) electrons. The van der Waals surface area contributed by atoms with Crippen LogP contribution in [0.2, 0.25) is 0 Å². The van der Waals surface area contributed by atoms with Crippen LogP contribution in [0.1, 0.15) is 24.3 Å². The van der Waals surface area contributed by atoms with Crippen LogP contribution >= 0.6 is 7.75 Å². The largest absolute Gasteiger partial charge is 0.497 e. The van der Waals surface area contributed by atoms with Crippen molar-refractivity contribution >= 4 is 13.6 Å². The van der Waals surface area contributed by atoms with Crippen LogP contribution in [-0.2, 0) is 18.3 Å². The molecule has 0 aliphatic carbocycles. The summed E-state index contributed by atoms with van der Waals surface area (Å²) in [5.74, 6) is -3.43. The highest BCUT2D eigenvalue weighted by Gasteiger charge is 2.59. The Morgan fingerprint density at radius 3 is 2.67 bits per heavy atom. The second-order valence-corrected chi connectivity index (χ2v) is 9.12. The molecule has 2 aromatic rings. The van der Waals surface area contributed by atoms with E-state index >= 15 is 0 Å². The standard InChI is InChI=1S/C19H22F2N3O8P/c1-29-12-4-2-11(3-5-12)13-7-9-30-33(28,32-13)23-15-6-8-24(18(27)22-15)17-19(20,21)16(26)14(10-25)31-17/h2-6,8,13-14,16-17,25-26H,7,9-10H2,1H3,(H,22,23,27,28)/t13?,14-,16-,17-,33?/m1/s1. The van der Waals surface area contributed by atoms with E-state index in [4.69, 9.17) is 23.6 Å². The van der Waals surface area contributed by atoms with Crippen molar-refractivity contribution in [1.29, 1.82) is 0 Å². The van der Waals surface area contributed by atoms with Crippen molar-refractivity contribution in [2.75, 3.05) is 25.4 Å². The fraction of sp³-hybridized carbons (Fsp3) is 0.474. The number of rotatable bonds is 6. The summed E-state index contributed by atoms with van der Waals surface area (Å²) in [7, 11) is -2.40. The van der Waals surface area contributed by atoms with Gasteiger partial charge >= 0.3 is 19.4 Å². The number of hydrogen-bond donors (Lipinski definition) is 3. The van der Waals surface area contributed by atoms with E-state index < -0.39 is 50.5 Å². The van der Waals surface area contributed by atoms with Gasteiger partial charge in [-0.25, -0.2) is 9.36 Å². The van der Waals surface area contributed by atoms with Crippen LogP contribution < -0.4 is 15.5 Å². The molecule has 0 spiro atoms. The highest BCUT2D eigenvalue weighted by atomic mass is 31.2.